The van der Waals surface area contributed by atoms with E-state index in [4.69, 9.17) is 5.73 Å². The lowest BCUT2D eigenvalue weighted by Gasteiger charge is -2.18. The molecule has 0 aliphatic carbocycles. The fraction of sp³-hybridized carbons (Fsp3) is 0.500. The average molecular weight is 337 g/mol. The highest BCUT2D eigenvalue weighted by Gasteiger charge is 2.38. The summed E-state index contributed by atoms with van der Waals surface area (Å²) in [4.78, 5) is 0. The highest BCUT2D eigenvalue weighted by molar-refractivity contribution is 5.86. The Morgan fingerprint density at radius 3 is 2.33 bits per heavy atom. The zero-order valence-electron chi connectivity index (χ0n) is 14.2. The van der Waals surface area contributed by atoms with Gasteiger partial charge in [-0.3, -0.25) is 0 Å². The van der Waals surface area contributed by atoms with Crippen LogP contribution in [0, 0.1) is 0 Å². The molecule has 1 nitrogen and oxygen atoms in total. The van der Waals surface area contributed by atoms with Gasteiger partial charge >= 0.3 is 6.18 Å². The van der Waals surface area contributed by atoms with Crippen LogP contribution < -0.4 is 5.73 Å². The van der Waals surface area contributed by atoms with E-state index in [0.717, 1.165) is 35.6 Å². The Hall–Kier alpha value is -1.55. The van der Waals surface area contributed by atoms with Crippen molar-refractivity contribution < 1.29 is 13.2 Å². The first-order chi connectivity index (χ1) is 11.4. The highest BCUT2D eigenvalue weighted by atomic mass is 19.4. The summed E-state index contributed by atoms with van der Waals surface area (Å²) in [5.74, 6) is 0. The predicted octanol–water partition coefficient (Wildman–Crippen LogP) is 6.30. The maximum absolute atomic E-state index is 13.0. The average Bonchev–Trinajstić information content (AvgIpc) is 2.56. The molecule has 132 valence electrons. The second-order valence-electron chi connectivity index (χ2n) is 6.44. The third-order valence-corrected chi connectivity index (χ3v) is 4.48. The highest BCUT2D eigenvalue weighted by Crippen LogP contribution is 2.33. The van der Waals surface area contributed by atoms with Gasteiger partial charge in [-0.15, -0.1) is 0 Å². The fourth-order valence-corrected chi connectivity index (χ4v) is 3.09. The lowest BCUT2D eigenvalue weighted by Crippen LogP contribution is -2.28. The van der Waals surface area contributed by atoms with Crippen LogP contribution in [-0.2, 0) is 6.42 Å². The Morgan fingerprint density at radius 2 is 1.62 bits per heavy atom. The van der Waals surface area contributed by atoms with Gasteiger partial charge in [0.15, 0.2) is 0 Å². The SMILES string of the molecule is CCCCCCCCc1cc([C@H](N)C(F)(F)F)cc2ccccc12. The lowest BCUT2D eigenvalue weighted by atomic mass is 9.94. The van der Waals surface area contributed by atoms with E-state index < -0.39 is 12.2 Å². The summed E-state index contributed by atoms with van der Waals surface area (Å²) in [5.41, 5.74) is 6.54. The smallest absolute Gasteiger partial charge is 0.316 e. The molecule has 0 saturated heterocycles. The number of halogens is 3. The van der Waals surface area contributed by atoms with Crippen molar-refractivity contribution >= 4 is 10.8 Å². The summed E-state index contributed by atoms with van der Waals surface area (Å²) in [6.07, 6.45) is 3.37. The fourth-order valence-electron chi connectivity index (χ4n) is 3.09. The van der Waals surface area contributed by atoms with Gasteiger partial charge in [-0.1, -0.05) is 69.4 Å². The standard InChI is InChI=1S/C20H26F3N/c1-2-3-4-5-6-7-10-15-13-17(19(24)20(21,22)23)14-16-11-8-9-12-18(15)16/h8-9,11-14,19H,2-7,10,24H2,1H3/t19-/m0/s1. The van der Waals surface area contributed by atoms with Crippen LogP contribution in [0.15, 0.2) is 36.4 Å². The van der Waals surface area contributed by atoms with Gasteiger partial charge in [-0.05, 0) is 40.8 Å². The number of hydrogen-bond acceptors (Lipinski definition) is 1. The molecule has 0 bridgehead atoms. The summed E-state index contributed by atoms with van der Waals surface area (Å²) in [6.45, 7) is 2.18. The summed E-state index contributed by atoms with van der Waals surface area (Å²) >= 11 is 0. The van der Waals surface area contributed by atoms with E-state index in [1.807, 2.05) is 24.3 Å². The first-order valence-electron chi connectivity index (χ1n) is 8.77. The van der Waals surface area contributed by atoms with Crippen LogP contribution in [0.2, 0.25) is 0 Å². The second kappa shape index (κ2) is 8.52. The van der Waals surface area contributed by atoms with Gasteiger partial charge in [0.05, 0.1) is 0 Å². The molecule has 0 spiro atoms. The van der Waals surface area contributed by atoms with E-state index in [-0.39, 0.29) is 5.56 Å². The summed E-state index contributed by atoms with van der Waals surface area (Å²) in [7, 11) is 0. The molecule has 0 aromatic heterocycles. The van der Waals surface area contributed by atoms with Gasteiger partial charge in [-0.25, -0.2) is 0 Å². The largest absolute Gasteiger partial charge is 0.407 e. The molecule has 2 aromatic carbocycles. The Morgan fingerprint density at radius 1 is 0.958 bits per heavy atom. The normalized spacial score (nSPS) is 13.4. The monoisotopic (exact) mass is 337 g/mol. The Balaban J connectivity index is 2.17. The van der Waals surface area contributed by atoms with E-state index in [1.54, 1.807) is 12.1 Å². The van der Waals surface area contributed by atoms with E-state index in [1.165, 1.54) is 25.7 Å². The zero-order chi connectivity index (χ0) is 17.6. The third kappa shape index (κ3) is 4.97. The summed E-state index contributed by atoms with van der Waals surface area (Å²) in [5, 5.41) is 1.86. The predicted molar refractivity (Wildman–Crippen MR) is 94.0 cm³/mol. The quantitative estimate of drug-likeness (QED) is 0.562. The molecule has 2 aromatic rings. The Kier molecular flexibility index (Phi) is 6.67. The number of rotatable bonds is 8. The minimum Gasteiger partial charge on any atom is -0.316 e. The molecule has 1 atom stereocenters. The molecule has 0 radical (unpaired) electrons. The molecule has 4 heteroatoms. The van der Waals surface area contributed by atoms with Crippen LogP contribution in [0.4, 0.5) is 13.2 Å². The number of aryl methyl sites for hydroxylation is 1. The second-order valence-corrected chi connectivity index (χ2v) is 6.44. The van der Waals surface area contributed by atoms with Crippen LogP contribution in [-0.4, -0.2) is 6.18 Å². The van der Waals surface area contributed by atoms with Crippen LogP contribution in [0.25, 0.3) is 10.8 Å². The number of benzene rings is 2. The Bertz CT molecular complexity index is 649. The van der Waals surface area contributed by atoms with Crippen molar-refractivity contribution in [2.45, 2.75) is 64.1 Å². The van der Waals surface area contributed by atoms with E-state index in [0.29, 0.717) is 0 Å². The number of alkyl halides is 3. The van der Waals surface area contributed by atoms with Crippen molar-refractivity contribution in [3.63, 3.8) is 0 Å². The van der Waals surface area contributed by atoms with Gasteiger partial charge in [-0.2, -0.15) is 13.2 Å². The van der Waals surface area contributed by atoms with Crippen molar-refractivity contribution in [1.82, 2.24) is 0 Å². The molecule has 0 heterocycles. The van der Waals surface area contributed by atoms with Gasteiger partial charge in [0, 0.05) is 0 Å². The van der Waals surface area contributed by atoms with Crippen LogP contribution in [0.1, 0.15) is 62.6 Å². The first-order valence-corrected chi connectivity index (χ1v) is 8.77. The maximum Gasteiger partial charge on any atom is 0.407 e. The molecule has 0 fully saturated rings. The van der Waals surface area contributed by atoms with Crippen molar-refractivity contribution in [2.24, 2.45) is 5.73 Å². The van der Waals surface area contributed by atoms with Crippen LogP contribution in [0.5, 0.6) is 0 Å². The number of unbranched alkanes of at least 4 members (excludes halogenated alkanes) is 5. The molecule has 2 N–H and O–H groups in total. The van der Waals surface area contributed by atoms with Crippen molar-refractivity contribution in [2.75, 3.05) is 0 Å². The van der Waals surface area contributed by atoms with E-state index in [9.17, 15) is 13.2 Å². The number of fused-ring (bicyclic) bond motifs is 1. The van der Waals surface area contributed by atoms with Crippen molar-refractivity contribution in [3.05, 3.63) is 47.5 Å². The molecular weight excluding hydrogens is 311 g/mol. The van der Waals surface area contributed by atoms with Gasteiger partial charge in [0.2, 0.25) is 0 Å². The third-order valence-electron chi connectivity index (χ3n) is 4.48. The maximum atomic E-state index is 13.0. The first kappa shape index (κ1) is 18.8. The van der Waals surface area contributed by atoms with Gasteiger partial charge < -0.3 is 5.73 Å². The van der Waals surface area contributed by atoms with Crippen molar-refractivity contribution in [3.8, 4) is 0 Å². The number of nitrogens with two attached hydrogens (primary N) is 1. The zero-order valence-corrected chi connectivity index (χ0v) is 14.2. The molecule has 2 rings (SSSR count). The molecule has 24 heavy (non-hydrogen) atoms. The van der Waals surface area contributed by atoms with Crippen LogP contribution in [0.3, 0.4) is 0 Å². The van der Waals surface area contributed by atoms with Crippen LogP contribution >= 0.6 is 0 Å². The molecule has 0 aliphatic heterocycles. The summed E-state index contributed by atoms with van der Waals surface area (Å²) in [6, 6.07) is 8.89. The minimum atomic E-state index is -4.42. The summed E-state index contributed by atoms with van der Waals surface area (Å²) < 4.78 is 38.9. The lowest BCUT2D eigenvalue weighted by molar-refractivity contribution is -0.149. The molecule has 0 aliphatic rings. The van der Waals surface area contributed by atoms with Gasteiger partial charge in [0.1, 0.15) is 6.04 Å². The molecule has 0 amide bonds. The Labute approximate surface area is 142 Å². The topological polar surface area (TPSA) is 26.0 Å². The molecule has 0 unspecified atom stereocenters. The molecule has 0 saturated carbocycles. The molecular formula is C20H26F3N. The minimum absolute atomic E-state index is 0.155. The number of hydrogen-bond donors (Lipinski definition) is 1. The van der Waals surface area contributed by atoms with Gasteiger partial charge in [0.25, 0.3) is 0 Å². The van der Waals surface area contributed by atoms with E-state index in [2.05, 4.69) is 6.92 Å². The van der Waals surface area contributed by atoms with Crippen molar-refractivity contribution in [1.29, 1.82) is 0 Å². The van der Waals surface area contributed by atoms with E-state index >= 15 is 0 Å².